The van der Waals surface area contributed by atoms with Crippen LogP contribution in [0.15, 0.2) is 42.6 Å². The van der Waals surface area contributed by atoms with Gasteiger partial charge in [-0.25, -0.2) is 4.98 Å². The molecule has 1 N–H and O–H groups in total. The van der Waals surface area contributed by atoms with Crippen molar-refractivity contribution in [3.63, 3.8) is 0 Å². The topological polar surface area (TPSA) is 60.5 Å². The summed E-state index contributed by atoms with van der Waals surface area (Å²) in [6, 6.07) is 9.14. The van der Waals surface area contributed by atoms with Gasteiger partial charge in [0.2, 0.25) is 5.91 Å². The third kappa shape index (κ3) is 4.32. The average Bonchev–Trinajstić information content (AvgIpc) is 2.56. The third-order valence-corrected chi connectivity index (χ3v) is 3.34. The Kier molecular flexibility index (Phi) is 5.36. The maximum atomic E-state index is 12.1. The van der Waals surface area contributed by atoms with Crippen molar-refractivity contribution in [3.05, 3.63) is 53.7 Å². The van der Waals surface area contributed by atoms with E-state index in [-0.39, 0.29) is 5.91 Å². The Morgan fingerprint density at radius 1 is 1.17 bits per heavy atom. The standard InChI is InChI=1S/C18H20N2O3/c1-12-5-8-17(19-11-12)20-18(21)9-13(2)15-7-6-14(22-3)10-16(15)23-4/h5-11H,1-4H3,(H,19,20,21)/b13-9+. The van der Waals surface area contributed by atoms with Crippen molar-refractivity contribution in [1.29, 1.82) is 0 Å². The van der Waals surface area contributed by atoms with Gasteiger partial charge in [-0.3, -0.25) is 4.79 Å². The Hall–Kier alpha value is -2.82. The number of ether oxygens (including phenoxy) is 2. The van der Waals surface area contributed by atoms with E-state index in [0.29, 0.717) is 17.3 Å². The predicted octanol–water partition coefficient (Wildman–Crippen LogP) is 3.45. The molecule has 5 heteroatoms. The average molecular weight is 312 g/mol. The maximum Gasteiger partial charge on any atom is 0.249 e. The van der Waals surface area contributed by atoms with Crippen LogP contribution < -0.4 is 14.8 Å². The number of amides is 1. The molecule has 1 aromatic heterocycles. The molecule has 1 amide bonds. The van der Waals surface area contributed by atoms with Crippen LogP contribution in [0.5, 0.6) is 11.5 Å². The van der Waals surface area contributed by atoms with E-state index in [4.69, 9.17) is 9.47 Å². The fourth-order valence-corrected chi connectivity index (χ4v) is 2.10. The predicted molar refractivity (Wildman–Crippen MR) is 90.8 cm³/mol. The van der Waals surface area contributed by atoms with Gasteiger partial charge in [0.1, 0.15) is 17.3 Å². The first-order valence-electron chi connectivity index (χ1n) is 7.18. The van der Waals surface area contributed by atoms with Crippen molar-refractivity contribution in [1.82, 2.24) is 4.98 Å². The molecule has 0 bridgehead atoms. The molecule has 2 rings (SSSR count). The third-order valence-electron chi connectivity index (χ3n) is 3.34. The van der Waals surface area contributed by atoms with Crippen molar-refractivity contribution in [2.45, 2.75) is 13.8 Å². The van der Waals surface area contributed by atoms with E-state index in [1.165, 1.54) is 6.08 Å². The number of rotatable bonds is 5. The fraction of sp³-hybridized carbons (Fsp3) is 0.222. The first-order valence-corrected chi connectivity index (χ1v) is 7.18. The van der Waals surface area contributed by atoms with Crippen LogP contribution in [0.4, 0.5) is 5.82 Å². The molecule has 0 aliphatic heterocycles. The molecule has 2 aromatic rings. The number of benzene rings is 1. The smallest absolute Gasteiger partial charge is 0.249 e. The Morgan fingerprint density at radius 3 is 2.57 bits per heavy atom. The zero-order chi connectivity index (χ0) is 16.8. The first kappa shape index (κ1) is 16.5. The highest BCUT2D eigenvalue weighted by molar-refractivity contribution is 6.03. The van der Waals surface area contributed by atoms with Crippen LogP contribution in [0.3, 0.4) is 0 Å². The molecule has 5 nitrogen and oxygen atoms in total. The Morgan fingerprint density at radius 2 is 1.96 bits per heavy atom. The Balaban J connectivity index is 2.18. The van der Waals surface area contributed by atoms with Gasteiger partial charge < -0.3 is 14.8 Å². The number of aromatic nitrogens is 1. The number of anilines is 1. The van der Waals surface area contributed by atoms with Crippen LogP contribution in [0.1, 0.15) is 18.1 Å². The van der Waals surface area contributed by atoms with E-state index in [9.17, 15) is 4.79 Å². The highest BCUT2D eigenvalue weighted by atomic mass is 16.5. The van der Waals surface area contributed by atoms with Crippen LogP contribution in [0.2, 0.25) is 0 Å². The van der Waals surface area contributed by atoms with Gasteiger partial charge in [-0.2, -0.15) is 0 Å². The van der Waals surface area contributed by atoms with Gasteiger partial charge in [0.15, 0.2) is 0 Å². The second-order valence-corrected chi connectivity index (χ2v) is 5.10. The van der Waals surface area contributed by atoms with Crippen molar-refractivity contribution in [3.8, 4) is 11.5 Å². The van der Waals surface area contributed by atoms with Crippen LogP contribution in [0, 0.1) is 6.92 Å². The summed E-state index contributed by atoms with van der Waals surface area (Å²) in [5.41, 5.74) is 2.66. The molecular formula is C18H20N2O3. The highest BCUT2D eigenvalue weighted by Crippen LogP contribution is 2.29. The van der Waals surface area contributed by atoms with E-state index in [2.05, 4.69) is 10.3 Å². The van der Waals surface area contributed by atoms with Crippen molar-refractivity contribution < 1.29 is 14.3 Å². The quantitative estimate of drug-likeness (QED) is 0.859. The molecule has 0 atom stereocenters. The van der Waals surface area contributed by atoms with Gasteiger partial charge >= 0.3 is 0 Å². The number of carbonyl (C=O) groups is 1. The zero-order valence-corrected chi connectivity index (χ0v) is 13.7. The van der Waals surface area contributed by atoms with Gasteiger partial charge in [0.25, 0.3) is 0 Å². The number of carbonyl (C=O) groups excluding carboxylic acids is 1. The zero-order valence-electron chi connectivity index (χ0n) is 13.7. The lowest BCUT2D eigenvalue weighted by Crippen LogP contribution is -2.10. The van der Waals surface area contributed by atoms with Gasteiger partial charge in [-0.1, -0.05) is 6.07 Å². The highest BCUT2D eigenvalue weighted by Gasteiger charge is 2.09. The van der Waals surface area contributed by atoms with E-state index in [1.54, 1.807) is 32.5 Å². The number of methoxy groups -OCH3 is 2. The Bertz CT molecular complexity index is 722. The number of hydrogen-bond acceptors (Lipinski definition) is 4. The summed E-state index contributed by atoms with van der Waals surface area (Å²) >= 11 is 0. The number of nitrogens with zero attached hydrogens (tertiary/aromatic N) is 1. The lowest BCUT2D eigenvalue weighted by atomic mass is 10.1. The van der Waals surface area contributed by atoms with Crippen LogP contribution >= 0.6 is 0 Å². The molecule has 0 saturated carbocycles. The van der Waals surface area contributed by atoms with Gasteiger partial charge in [-0.05, 0) is 43.2 Å². The van der Waals surface area contributed by atoms with Crippen LogP contribution in [-0.2, 0) is 4.79 Å². The van der Waals surface area contributed by atoms with Crippen LogP contribution in [-0.4, -0.2) is 25.1 Å². The van der Waals surface area contributed by atoms with Crippen LogP contribution in [0.25, 0.3) is 5.57 Å². The minimum absolute atomic E-state index is 0.239. The van der Waals surface area contributed by atoms with Gasteiger partial charge in [-0.15, -0.1) is 0 Å². The molecule has 0 spiro atoms. The number of hydrogen-bond donors (Lipinski definition) is 1. The SMILES string of the molecule is COc1ccc(/C(C)=C/C(=O)Nc2ccc(C)cn2)c(OC)c1. The minimum atomic E-state index is -0.239. The first-order chi connectivity index (χ1) is 11.0. The molecular weight excluding hydrogens is 292 g/mol. The molecule has 1 aromatic carbocycles. The molecule has 0 saturated heterocycles. The lowest BCUT2D eigenvalue weighted by Gasteiger charge is -2.11. The monoisotopic (exact) mass is 312 g/mol. The molecule has 0 radical (unpaired) electrons. The molecule has 0 unspecified atom stereocenters. The largest absolute Gasteiger partial charge is 0.497 e. The van der Waals surface area contributed by atoms with Crippen molar-refractivity contribution in [2.75, 3.05) is 19.5 Å². The second kappa shape index (κ2) is 7.45. The second-order valence-electron chi connectivity index (χ2n) is 5.10. The van der Waals surface area contributed by atoms with E-state index in [1.807, 2.05) is 32.0 Å². The summed E-state index contributed by atoms with van der Waals surface area (Å²) in [4.78, 5) is 16.3. The normalized spacial score (nSPS) is 11.0. The molecule has 0 aliphatic rings. The van der Waals surface area contributed by atoms with Gasteiger partial charge in [0, 0.05) is 23.9 Å². The van der Waals surface area contributed by atoms with Crippen molar-refractivity contribution >= 4 is 17.3 Å². The number of nitrogens with one attached hydrogen (secondary N) is 1. The summed E-state index contributed by atoms with van der Waals surface area (Å²) in [7, 11) is 3.18. The summed E-state index contributed by atoms with van der Waals surface area (Å²) < 4.78 is 10.5. The van der Waals surface area contributed by atoms with E-state index in [0.717, 1.165) is 16.7 Å². The number of pyridine rings is 1. The van der Waals surface area contributed by atoms with E-state index >= 15 is 0 Å². The molecule has 1 heterocycles. The maximum absolute atomic E-state index is 12.1. The number of aryl methyl sites for hydroxylation is 1. The molecule has 0 aliphatic carbocycles. The lowest BCUT2D eigenvalue weighted by molar-refractivity contribution is -0.111. The molecule has 0 fully saturated rings. The summed E-state index contributed by atoms with van der Waals surface area (Å²) in [5, 5.41) is 2.74. The summed E-state index contributed by atoms with van der Waals surface area (Å²) in [5.74, 6) is 1.63. The summed E-state index contributed by atoms with van der Waals surface area (Å²) in [6.45, 7) is 3.80. The Labute approximate surface area is 136 Å². The fourth-order valence-electron chi connectivity index (χ4n) is 2.10. The molecule has 120 valence electrons. The van der Waals surface area contributed by atoms with Gasteiger partial charge in [0.05, 0.1) is 14.2 Å². The summed E-state index contributed by atoms with van der Waals surface area (Å²) in [6.07, 6.45) is 3.23. The number of allylic oxidation sites excluding steroid dienone is 1. The van der Waals surface area contributed by atoms with E-state index < -0.39 is 0 Å². The van der Waals surface area contributed by atoms with Crippen molar-refractivity contribution in [2.24, 2.45) is 0 Å². The molecule has 23 heavy (non-hydrogen) atoms. The minimum Gasteiger partial charge on any atom is -0.497 e.